The summed E-state index contributed by atoms with van der Waals surface area (Å²) in [6.45, 7) is 11.8. The Hall–Kier alpha value is -1.15. The molecule has 2 nitrogen and oxygen atoms in total. The first-order valence-electron chi connectivity index (χ1n) is 7.38. The number of Topliss-reactive ketones (excluding diaryl/α,β-unsaturated/α-hetero) is 1. The number of allylic oxidation sites excluding steroid dienone is 5. The molecule has 1 aliphatic carbocycles. The maximum atomic E-state index is 11.5. The van der Waals surface area contributed by atoms with Crippen LogP contribution in [0.1, 0.15) is 46.5 Å². The molecule has 0 spiro atoms. The van der Waals surface area contributed by atoms with E-state index in [9.17, 15) is 4.79 Å². The van der Waals surface area contributed by atoms with Crippen LogP contribution in [-0.2, 0) is 4.79 Å². The van der Waals surface area contributed by atoms with Crippen molar-refractivity contribution in [3.8, 4) is 0 Å². The molecule has 1 fully saturated rings. The van der Waals surface area contributed by atoms with Crippen LogP contribution in [0.4, 0.5) is 0 Å². The lowest BCUT2D eigenvalue weighted by Crippen LogP contribution is -2.42. The van der Waals surface area contributed by atoms with Gasteiger partial charge in [0.15, 0.2) is 0 Å². The molecule has 0 aromatic carbocycles. The summed E-state index contributed by atoms with van der Waals surface area (Å²) in [4.78, 5) is 13.8. The van der Waals surface area contributed by atoms with Gasteiger partial charge in [0.2, 0.25) is 0 Å². The molecule has 0 aliphatic heterocycles. The van der Waals surface area contributed by atoms with Gasteiger partial charge < -0.3 is 0 Å². The Morgan fingerprint density at radius 2 is 1.89 bits per heavy atom. The van der Waals surface area contributed by atoms with Crippen LogP contribution in [0.15, 0.2) is 37.0 Å². The Morgan fingerprint density at radius 1 is 1.21 bits per heavy atom. The number of nitrogens with zero attached hydrogens (tertiary/aromatic N) is 1. The predicted molar refractivity (Wildman–Crippen MR) is 84.3 cm³/mol. The van der Waals surface area contributed by atoms with Crippen LogP contribution >= 0.6 is 0 Å². The minimum atomic E-state index is 0.244. The molecule has 0 radical (unpaired) electrons. The Labute approximate surface area is 118 Å². The summed E-state index contributed by atoms with van der Waals surface area (Å²) >= 11 is 0. The summed E-state index contributed by atoms with van der Waals surface area (Å²) in [5, 5.41) is 0. The van der Waals surface area contributed by atoms with Crippen molar-refractivity contribution in [2.24, 2.45) is 0 Å². The van der Waals surface area contributed by atoms with Gasteiger partial charge in [-0.05, 0) is 32.9 Å². The smallest absolute Gasteiger partial charge is 0.149 e. The van der Waals surface area contributed by atoms with Gasteiger partial charge in [0, 0.05) is 6.42 Å². The highest BCUT2D eigenvalue weighted by molar-refractivity contribution is 5.84. The Morgan fingerprint density at radius 3 is 2.37 bits per heavy atom. The lowest BCUT2D eigenvalue weighted by molar-refractivity contribution is -0.126. The third-order valence-corrected chi connectivity index (χ3v) is 3.33. The van der Waals surface area contributed by atoms with Gasteiger partial charge >= 0.3 is 0 Å². The number of likely N-dealkylation sites (N-methyl/N-ethyl adjacent to an activating group) is 1. The van der Waals surface area contributed by atoms with Crippen molar-refractivity contribution in [1.82, 2.24) is 4.90 Å². The average molecular weight is 263 g/mol. The fourth-order valence-electron chi connectivity index (χ4n) is 2.27. The van der Waals surface area contributed by atoms with Crippen LogP contribution in [0.3, 0.4) is 0 Å². The lowest BCUT2D eigenvalue weighted by atomic mass is 9.93. The second-order valence-corrected chi connectivity index (χ2v) is 4.60. The molecule has 1 atom stereocenters. The van der Waals surface area contributed by atoms with E-state index in [4.69, 9.17) is 0 Å². The van der Waals surface area contributed by atoms with E-state index >= 15 is 0 Å². The van der Waals surface area contributed by atoms with Crippen molar-refractivity contribution < 1.29 is 4.79 Å². The van der Waals surface area contributed by atoms with Gasteiger partial charge in [-0.15, -0.1) is 0 Å². The number of carbonyl (C=O) groups is 1. The third-order valence-electron chi connectivity index (χ3n) is 3.33. The van der Waals surface area contributed by atoms with Gasteiger partial charge in [0.05, 0.1) is 6.04 Å². The monoisotopic (exact) mass is 263 g/mol. The summed E-state index contributed by atoms with van der Waals surface area (Å²) < 4.78 is 0. The highest BCUT2D eigenvalue weighted by Crippen LogP contribution is 2.19. The number of ketones is 1. The lowest BCUT2D eigenvalue weighted by Gasteiger charge is -2.31. The van der Waals surface area contributed by atoms with Crippen molar-refractivity contribution in [3.63, 3.8) is 0 Å². The molecular formula is C17H29NO. The predicted octanol–water partition coefficient (Wildman–Crippen LogP) is 4.14. The van der Waals surface area contributed by atoms with Gasteiger partial charge in [-0.3, -0.25) is 9.69 Å². The summed E-state index contributed by atoms with van der Waals surface area (Å²) in [7, 11) is 0. The quantitative estimate of drug-likeness (QED) is 0.695. The Balaban J connectivity index is 0.000000399. The molecule has 2 heteroatoms. The van der Waals surface area contributed by atoms with Gasteiger partial charge in [0.25, 0.3) is 0 Å². The summed E-state index contributed by atoms with van der Waals surface area (Å²) in [6.07, 6.45) is 13.7. The van der Waals surface area contributed by atoms with Crippen molar-refractivity contribution in [2.75, 3.05) is 13.1 Å². The van der Waals surface area contributed by atoms with E-state index in [-0.39, 0.29) is 6.04 Å². The zero-order chi connectivity index (χ0) is 14.5. The van der Waals surface area contributed by atoms with Crippen LogP contribution in [0.25, 0.3) is 0 Å². The first-order chi connectivity index (χ1) is 9.21. The fraction of sp³-hybridized carbons (Fsp3) is 0.588. The van der Waals surface area contributed by atoms with E-state index in [2.05, 4.69) is 25.3 Å². The van der Waals surface area contributed by atoms with Gasteiger partial charge in [-0.2, -0.15) is 0 Å². The zero-order valence-corrected chi connectivity index (χ0v) is 12.8. The standard InChI is InChI=1S/C10H19NO.C7H10/c1-3-11(4-2)9-7-5-6-8-10(9)12;1-3-5-7-6-4-2/h9H,3-8H2,1-2H3;3-7H,1H2,2H3/b;6-4-,7-5-/t9-;/m0./s1. The number of hydrogen-bond donors (Lipinski definition) is 0. The second kappa shape index (κ2) is 11.9. The number of rotatable bonds is 5. The summed E-state index contributed by atoms with van der Waals surface area (Å²) in [6, 6.07) is 0.244. The highest BCUT2D eigenvalue weighted by atomic mass is 16.1. The first kappa shape index (κ1) is 17.8. The molecular weight excluding hydrogens is 234 g/mol. The minimum Gasteiger partial charge on any atom is -0.298 e. The average Bonchev–Trinajstić information content (AvgIpc) is 2.43. The van der Waals surface area contributed by atoms with Gasteiger partial charge in [-0.25, -0.2) is 0 Å². The molecule has 0 bridgehead atoms. The Kier molecular flexibility index (Phi) is 11.2. The van der Waals surface area contributed by atoms with Crippen molar-refractivity contribution in [2.45, 2.75) is 52.5 Å². The van der Waals surface area contributed by atoms with Gasteiger partial charge in [0.1, 0.15) is 5.78 Å². The molecule has 0 aromatic rings. The van der Waals surface area contributed by atoms with Crippen LogP contribution in [-0.4, -0.2) is 29.8 Å². The largest absolute Gasteiger partial charge is 0.298 e. The molecule has 1 aliphatic rings. The van der Waals surface area contributed by atoms with Crippen molar-refractivity contribution in [1.29, 1.82) is 0 Å². The van der Waals surface area contributed by atoms with Gasteiger partial charge in [-0.1, -0.05) is 57.2 Å². The van der Waals surface area contributed by atoms with Crippen LogP contribution in [0.5, 0.6) is 0 Å². The third kappa shape index (κ3) is 7.78. The second-order valence-electron chi connectivity index (χ2n) is 4.60. The van der Waals surface area contributed by atoms with E-state index in [1.54, 1.807) is 6.08 Å². The molecule has 1 saturated carbocycles. The topological polar surface area (TPSA) is 20.3 Å². The van der Waals surface area contributed by atoms with Crippen LogP contribution in [0.2, 0.25) is 0 Å². The van der Waals surface area contributed by atoms with Crippen molar-refractivity contribution >= 4 is 5.78 Å². The highest BCUT2D eigenvalue weighted by Gasteiger charge is 2.25. The molecule has 0 heterocycles. The van der Waals surface area contributed by atoms with Crippen molar-refractivity contribution in [3.05, 3.63) is 37.0 Å². The normalized spacial score (nSPS) is 19.8. The van der Waals surface area contributed by atoms with E-state index in [1.807, 2.05) is 31.2 Å². The maximum absolute atomic E-state index is 11.5. The number of hydrogen-bond acceptors (Lipinski definition) is 2. The van der Waals surface area contributed by atoms with E-state index in [1.165, 1.54) is 6.42 Å². The molecule has 0 unspecified atom stereocenters. The Bertz CT molecular complexity index is 300. The number of carbonyl (C=O) groups excluding carboxylic acids is 1. The zero-order valence-electron chi connectivity index (χ0n) is 12.8. The van der Waals surface area contributed by atoms with E-state index in [0.717, 1.165) is 32.4 Å². The molecule has 0 aromatic heterocycles. The van der Waals surface area contributed by atoms with E-state index < -0.39 is 0 Å². The molecule has 0 amide bonds. The molecule has 1 rings (SSSR count). The maximum Gasteiger partial charge on any atom is 0.149 e. The fourth-order valence-corrected chi connectivity index (χ4v) is 2.27. The first-order valence-corrected chi connectivity index (χ1v) is 7.38. The summed E-state index contributed by atoms with van der Waals surface area (Å²) in [5.41, 5.74) is 0. The van der Waals surface area contributed by atoms with E-state index in [0.29, 0.717) is 5.78 Å². The van der Waals surface area contributed by atoms with Crippen LogP contribution < -0.4 is 0 Å². The molecule has 0 saturated heterocycles. The SMILES string of the molecule is C=C/C=C\C=C/C.CCN(CC)[C@H]1CCCCC1=O. The minimum absolute atomic E-state index is 0.244. The summed E-state index contributed by atoms with van der Waals surface area (Å²) in [5.74, 6) is 0.463. The molecule has 0 N–H and O–H groups in total. The molecule has 108 valence electrons. The van der Waals surface area contributed by atoms with Crippen LogP contribution in [0, 0.1) is 0 Å². The molecule has 19 heavy (non-hydrogen) atoms.